The third kappa shape index (κ3) is 3.68. The van der Waals surface area contributed by atoms with Crippen molar-refractivity contribution in [3.8, 4) is 0 Å². The average Bonchev–Trinajstić information content (AvgIpc) is 2.63. The molecule has 3 rings (SSSR count). The van der Waals surface area contributed by atoms with Gasteiger partial charge in [-0.05, 0) is 49.9 Å². The highest BCUT2D eigenvalue weighted by atomic mass is 19.1. The highest BCUT2D eigenvalue weighted by Gasteiger charge is 2.47. The monoisotopic (exact) mass is 348 g/mol. The Balaban J connectivity index is 1.76. The van der Waals surface area contributed by atoms with Crippen LogP contribution >= 0.6 is 0 Å². The lowest BCUT2D eigenvalue weighted by molar-refractivity contribution is -0.142. The molecule has 0 aromatic heterocycles. The van der Waals surface area contributed by atoms with Crippen LogP contribution in [0.4, 0.5) is 10.1 Å². The second-order valence-electron chi connectivity index (χ2n) is 6.98. The molecular formula is C19H25FN2O3. The molecule has 0 N–H and O–H groups in total. The SMILES string of the molecule is COCCC(=O)N1CCCC2(CCCN(c3ccc(F)cc3)C2=O)C1. The van der Waals surface area contributed by atoms with E-state index in [0.717, 1.165) is 31.4 Å². The molecule has 0 bridgehead atoms. The van der Waals surface area contributed by atoms with Crippen molar-refractivity contribution < 1.29 is 18.7 Å². The molecule has 1 spiro atoms. The third-order valence-corrected chi connectivity index (χ3v) is 5.32. The first-order valence-corrected chi connectivity index (χ1v) is 8.90. The molecule has 5 nitrogen and oxygen atoms in total. The molecule has 2 fully saturated rings. The zero-order chi connectivity index (χ0) is 17.9. The molecule has 2 aliphatic rings. The van der Waals surface area contributed by atoms with Crippen LogP contribution in [0.1, 0.15) is 32.1 Å². The number of amides is 2. The summed E-state index contributed by atoms with van der Waals surface area (Å²) in [5, 5.41) is 0. The molecule has 2 saturated heterocycles. The van der Waals surface area contributed by atoms with Gasteiger partial charge < -0.3 is 14.5 Å². The van der Waals surface area contributed by atoms with Gasteiger partial charge >= 0.3 is 0 Å². The molecular weight excluding hydrogens is 323 g/mol. The van der Waals surface area contributed by atoms with Gasteiger partial charge in [0.25, 0.3) is 0 Å². The van der Waals surface area contributed by atoms with Gasteiger partial charge in [-0.1, -0.05) is 0 Å². The maximum absolute atomic E-state index is 13.2. The number of rotatable bonds is 4. The lowest BCUT2D eigenvalue weighted by Gasteiger charge is -2.47. The Hall–Kier alpha value is -1.95. The number of benzene rings is 1. The molecule has 1 atom stereocenters. The number of likely N-dealkylation sites (tertiary alicyclic amines) is 1. The predicted molar refractivity (Wildman–Crippen MR) is 92.7 cm³/mol. The number of carbonyl (C=O) groups is 2. The number of halogens is 1. The summed E-state index contributed by atoms with van der Waals surface area (Å²) in [6, 6.07) is 6.06. The lowest BCUT2D eigenvalue weighted by Crippen LogP contribution is -2.57. The number of hydrogen-bond acceptors (Lipinski definition) is 3. The number of piperidine rings is 2. The Morgan fingerprint density at radius 2 is 1.88 bits per heavy atom. The molecule has 1 unspecified atom stereocenters. The zero-order valence-electron chi connectivity index (χ0n) is 14.7. The van der Waals surface area contributed by atoms with Gasteiger partial charge in [-0.25, -0.2) is 4.39 Å². The summed E-state index contributed by atoms with van der Waals surface area (Å²) in [4.78, 5) is 29.2. The van der Waals surface area contributed by atoms with E-state index in [1.807, 2.05) is 4.90 Å². The van der Waals surface area contributed by atoms with Crippen molar-refractivity contribution in [1.82, 2.24) is 4.90 Å². The van der Waals surface area contributed by atoms with Crippen LogP contribution in [0.15, 0.2) is 24.3 Å². The Kier molecular flexibility index (Phi) is 5.37. The van der Waals surface area contributed by atoms with E-state index in [2.05, 4.69) is 0 Å². The molecule has 1 aromatic rings. The molecule has 2 heterocycles. The van der Waals surface area contributed by atoms with Gasteiger partial charge in [-0.15, -0.1) is 0 Å². The van der Waals surface area contributed by atoms with E-state index in [-0.39, 0.29) is 17.6 Å². The molecule has 1 aromatic carbocycles. The largest absolute Gasteiger partial charge is 0.384 e. The van der Waals surface area contributed by atoms with Crippen LogP contribution in [0.5, 0.6) is 0 Å². The van der Waals surface area contributed by atoms with Crippen molar-refractivity contribution in [2.45, 2.75) is 32.1 Å². The van der Waals surface area contributed by atoms with Gasteiger partial charge in [0, 0.05) is 32.4 Å². The van der Waals surface area contributed by atoms with E-state index in [4.69, 9.17) is 4.74 Å². The Bertz CT molecular complexity index is 630. The first kappa shape index (κ1) is 17.9. The second-order valence-corrected chi connectivity index (χ2v) is 6.98. The first-order valence-electron chi connectivity index (χ1n) is 8.90. The van der Waals surface area contributed by atoms with Gasteiger partial charge in [-0.2, -0.15) is 0 Å². The lowest BCUT2D eigenvalue weighted by atomic mass is 9.72. The molecule has 0 radical (unpaired) electrons. The van der Waals surface area contributed by atoms with Crippen molar-refractivity contribution >= 4 is 17.5 Å². The summed E-state index contributed by atoms with van der Waals surface area (Å²) in [6.45, 7) is 2.22. The molecule has 136 valence electrons. The number of anilines is 1. The van der Waals surface area contributed by atoms with Crippen LogP contribution in [0.2, 0.25) is 0 Å². The van der Waals surface area contributed by atoms with Crippen molar-refractivity contribution in [3.05, 3.63) is 30.1 Å². The fourth-order valence-corrected chi connectivity index (χ4v) is 4.01. The summed E-state index contributed by atoms with van der Waals surface area (Å²) in [5.41, 5.74) is 0.224. The second kappa shape index (κ2) is 7.52. The van der Waals surface area contributed by atoms with Crippen molar-refractivity contribution in [2.24, 2.45) is 5.41 Å². The van der Waals surface area contributed by atoms with E-state index in [1.165, 1.54) is 12.1 Å². The average molecular weight is 348 g/mol. The quantitative estimate of drug-likeness (QED) is 0.840. The number of nitrogens with zero attached hydrogens (tertiary/aromatic N) is 2. The molecule has 0 aliphatic carbocycles. The normalized spacial score (nSPS) is 24.0. The van der Waals surface area contributed by atoms with Gasteiger partial charge in [-0.3, -0.25) is 9.59 Å². The maximum Gasteiger partial charge on any atom is 0.234 e. The third-order valence-electron chi connectivity index (χ3n) is 5.32. The van der Waals surface area contributed by atoms with Gasteiger partial charge in [0.15, 0.2) is 0 Å². The van der Waals surface area contributed by atoms with E-state index in [1.54, 1.807) is 24.1 Å². The van der Waals surface area contributed by atoms with Crippen LogP contribution in [0.25, 0.3) is 0 Å². The topological polar surface area (TPSA) is 49.9 Å². The minimum atomic E-state index is -0.506. The Morgan fingerprint density at radius 1 is 1.20 bits per heavy atom. The molecule has 25 heavy (non-hydrogen) atoms. The minimum absolute atomic E-state index is 0.0487. The summed E-state index contributed by atoms with van der Waals surface area (Å²) >= 11 is 0. The van der Waals surface area contributed by atoms with Crippen LogP contribution in [-0.4, -0.2) is 50.1 Å². The van der Waals surface area contributed by atoms with Crippen molar-refractivity contribution in [1.29, 1.82) is 0 Å². The summed E-state index contributed by atoms with van der Waals surface area (Å²) < 4.78 is 18.2. The maximum atomic E-state index is 13.2. The Morgan fingerprint density at radius 3 is 2.56 bits per heavy atom. The molecule has 6 heteroatoms. The number of methoxy groups -OCH3 is 1. The highest BCUT2D eigenvalue weighted by molar-refractivity contribution is 5.99. The minimum Gasteiger partial charge on any atom is -0.384 e. The molecule has 0 saturated carbocycles. The standard InChI is InChI=1S/C19H25FN2O3/c1-25-13-8-17(23)21-11-2-9-19(14-21)10-3-12-22(18(19)24)16-6-4-15(20)5-7-16/h4-7H,2-3,8-14H2,1H3. The first-order chi connectivity index (χ1) is 12.1. The fraction of sp³-hybridized carbons (Fsp3) is 0.579. The van der Waals surface area contributed by atoms with E-state index >= 15 is 0 Å². The summed E-state index contributed by atoms with van der Waals surface area (Å²) in [6.07, 6.45) is 3.68. The smallest absolute Gasteiger partial charge is 0.234 e. The molecule has 2 aliphatic heterocycles. The zero-order valence-corrected chi connectivity index (χ0v) is 14.7. The van der Waals surface area contributed by atoms with Crippen LogP contribution in [0.3, 0.4) is 0 Å². The van der Waals surface area contributed by atoms with Gasteiger partial charge in [0.1, 0.15) is 5.82 Å². The number of hydrogen-bond donors (Lipinski definition) is 0. The predicted octanol–water partition coefficient (Wildman–Crippen LogP) is 2.60. The van der Waals surface area contributed by atoms with Gasteiger partial charge in [0.2, 0.25) is 11.8 Å². The van der Waals surface area contributed by atoms with Crippen LogP contribution in [-0.2, 0) is 14.3 Å². The number of carbonyl (C=O) groups excluding carboxylic acids is 2. The van der Waals surface area contributed by atoms with Crippen molar-refractivity contribution in [3.63, 3.8) is 0 Å². The van der Waals surface area contributed by atoms with Crippen LogP contribution in [0, 0.1) is 11.2 Å². The summed E-state index contributed by atoms with van der Waals surface area (Å²) in [5.74, 6) is -0.197. The van der Waals surface area contributed by atoms with E-state index in [9.17, 15) is 14.0 Å². The molecule has 2 amide bonds. The highest BCUT2D eigenvalue weighted by Crippen LogP contribution is 2.41. The summed E-state index contributed by atoms with van der Waals surface area (Å²) in [7, 11) is 1.58. The van der Waals surface area contributed by atoms with Crippen LogP contribution < -0.4 is 4.90 Å². The van der Waals surface area contributed by atoms with Gasteiger partial charge in [0.05, 0.1) is 18.4 Å². The number of ether oxygens (including phenoxy) is 1. The van der Waals surface area contributed by atoms with E-state index in [0.29, 0.717) is 32.7 Å². The van der Waals surface area contributed by atoms with Crippen molar-refractivity contribution in [2.75, 3.05) is 38.3 Å². The fourth-order valence-electron chi connectivity index (χ4n) is 4.01. The Labute approximate surface area is 147 Å². The van der Waals surface area contributed by atoms with E-state index < -0.39 is 5.41 Å².